The first-order valence-corrected chi connectivity index (χ1v) is 8.49. The summed E-state index contributed by atoms with van der Waals surface area (Å²) in [5.41, 5.74) is 4.40. The fraction of sp³-hybridized carbons (Fsp3) is 0.429. The van der Waals surface area contributed by atoms with Crippen molar-refractivity contribution in [3.63, 3.8) is 0 Å². The fourth-order valence-corrected chi connectivity index (χ4v) is 3.42. The van der Waals surface area contributed by atoms with Crippen molar-refractivity contribution in [2.45, 2.75) is 45.1 Å². The van der Waals surface area contributed by atoms with E-state index in [0.29, 0.717) is 12.0 Å². The van der Waals surface area contributed by atoms with Crippen LogP contribution in [0.25, 0.3) is 0 Å². The Hall–Kier alpha value is -1.12. The highest BCUT2D eigenvalue weighted by Gasteiger charge is 2.21. The largest absolute Gasteiger partial charge is 0.302 e. The minimum absolute atomic E-state index is 0. The molecule has 2 heteroatoms. The molecule has 1 nitrogen and oxygen atoms in total. The Balaban J connectivity index is 0.00000264. The molecule has 0 aliphatic heterocycles. The molecular formula is C21H30BrN. The molecule has 2 aromatic carbocycles. The Bertz CT molecular complexity index is 565. The number of benzene rings is 2. The number of hydrogen-bond acceptors (Lipinski definition) is 1. The minimum atomic E-state index is 0. The van der Waals surface area contributed by atoms with Crippen molar-refractivity contribution in [1.82, 2.24) is 4.90 Å². The van der Waals surface area contributed by atoms with E-state index < -0.39 is 0 Å². The van der Waals surface area contributed by atoms with Crippen LogP contribution in [0.4, 0.5) is 0 Å². The smallest absolute Gasteiger partial charge is 0.0344 e. The first-order valence-electron chi connectivity index (χ1n) is 8.49. The van der Waals surface area contributed by atoms with Gasteiger partial charge in [-0.15, -0.1) is 17.0 Å². The summed E-state index contributed by atoms with van der Waals surface area (Å²) < 4.78 is 0. The summed E-state index contributed by atoms with van der Waals surface area (Å²) in [6.45, 7) is 4.56. The molecule has 0 heterocycles. The molecule has 0 fully saturated rings. The summed E-state index contributed by atoms with van der Waals surface area (Å²) in [5.74, 6) is 0.483. The topological polar surface area (TPSA) is 3.24 Å². The van der Waals surface area contributed by atoms with Crippen molar-refractivity contribution in [1.29, 1.82) is 0 Å². The monoisotopic (exact) mass is 375 g/mol. The maximum absolute atomic E-state index is 2.36. The van der Waals surface area contributed by atoms with E-state index in [2.05, 4.69) is 87.4 Å². The van der Waals surface area contributed by atoms with Crippen LogP contribution in [0.2, 0.25) is 0 Å². The van der Waals surface area contributed by atoms with Gasteiger partial charge in [0.05, 0.1) is 0 Å². The molecule has 0 amide bonds. The Morgan fingerprint density at radius 2 is 1.39 bits per heavy atom. The van der Waals surface area contributed by atoms with E-state index in [-0.39, 0.29) is 17.0 Å². The number of rotatable bonds is 7. The standard InChI is InChI=1S/C21H29N.BrH/c1-5-12-21(22(3)4)20-16-11-10-15-19(20)18(6-2)17-13-8-7-9-14-17;/h7-11,13-16,18,21H,5-6,12H2,1-4H3;1H. The molecular weight excluding hydrogens is 346 g/mol. The van der Waals surface area contributed by atoms with Crippen LogP contribution in [0.15, 0.2) is 54.6 Å². The van der Waals surface area contributed by atoms with Crippen LogP contribution >= 0.6 is 17.0 Å². The van der Waals surface area contributed by atoms with E-state index in [1.165, 1.54) is 29.5 Å². The van der Waals surface area contributed by atoms with Crippen molar-refractivity contribution >= 4 is 17.0 Å². The van der Waals surface area contributed by atoms with Crippen LogP contribution in [-0.2, 0) is 0 Å². The molecule has 23 heavy (non-hydrogen) atoms. The Labute approximate surface area is 152 Å². The fourth-order valence-electron chi connectivity index (χ4n) is 3.42. The number of halogens is 1. The Morgan fingerprint density at radius 3 is 1.91 bits per heavy atom. The summed E-state index contributed by atoms with van der Waals surface area (Å²) in [5, 5.41) is 0. The summed E-state index contributed by atoms with van der Waals surface area (Å²) in [6.07, 6.45) is 3.54. The molecule has 0 aromatic heterocycles. The molecule has 0 radical (unpaired) electrons. The van der Waals surface area contributed by atoms with Gasteiger partial charge < -0.3 is 4.90 Å². The molecule has 2 aromatic rings. The lowest BCUT2D eigenvalue weighted by molar-refractivity contribution is 0.280. The Kier molecular flexibility index (Phi) is 8.57. The summed E-state index contributed by atoms with van der Waals surface area (Å²) >= 11 is 0. The lowest BCUT2D eigenvalue weighted by atomic mass is 9.83. The zero-order valence-corrected chi connectivity index (χ0v) is 16.5. The maximum Gasteiger partial charge on any atom is 0.0344 e. The van der Waals surface area contributed by atoms with Gasteiger partial charge in [0.2, 0.25) is 0 Å². The summed E-state index contributed by atoms with van der Waals surface area (Å²) in [4.78, 5) is 2.36. The second-order valence-corrected chi connectivity index (χ2v) is 6.27. The lowest BCUT2D eigenvalue weighted by Crippen LogP contribution is -2.22. The minimum Gasteiger partial charge on any atom is -0.302 e. The molecule has 126 valence electrons. The van der Waals surface area contributed by atoms with Crippen molar-refractivity contribution in [3.8, 4) is 0 Å². The van der Waals surface area contributed by atoms with Crippen LogP contribution < -0.4 is 0 Å². The van der Waals surface area contributed by atoms with Gasteiger partial charge in [-0.25, -0.2) is 0 Å². The number of nitrogens with zero attached hydrogens (tertiary/aromatic N) is 1. The summed E-state index contributed by atoms with van der Waals surface area (Å²) in [7, 11) is 4.39. The normalized spacial score (nSPS) is 13.4. The third-order valence-electron chi connectivity index (χ3n) is 4.53. The van der Waals surface area contributed by atoms with Crippen molar-refractivity contribution < 1.29 is 0 Å². The van der Waals surface area contributed by atoms with Gasteiger partial charge >= 0.3 is 0 Å². The third kappa shape index (κ3) is 4.92. The van der Waals surface area contributed by atoms with Gasteiger partial charge in [0.25, 0.3) is 0 Å². The number of hydrogen-bond donors (Lipinski definition) is 0. The average molecular weight is 376 g/mol. The molecule has 2 rings (SSSR count). The van der Waals surface area contributed by atoms with Crippen LogP contribution in [0.5, 0.6) is 0 Å². The molecule has 0 spiro atoms. The van der Waals surface area contributed by atoms with E-state index in [9.17, 15) is 0 Å². The van der Waals surface area contributed by atoms with Crippen molar-refractivity contribution in [2.75, 3.05) is 14.1 Å². The highest BCUT2D eigenvalue weighted by molar-refractivity contribution is 8.93. The second-order valence-electron chi connectivity index (χ2n) is 6.27. The van der Waals surface area contributed by atoms with Crippen LogP contribution in [0.3, 0.4) is 0 Å². The molecule has 0 aliphatic carbocycles. The zero-order valence-electron chi connectivity index (χ0n) is 14.8. The zero-order chi connectivity index (χ0) is 15.9. The van der Waals surface area contributed by atoms with Gasteiger partial charge in [-0.2, -0.15) is 0 Å². The van der Waals surface area contributed by atoms with E-state index in [0.717, 1.165) is 6.42 Å². The Morgan fingerprint density at radius 1 is 0.826 bits per heavy atom. The molecule has 2 unspecified atom stereocenters. The van der Waals surface area contributed by atoms with Gasteiger partial charge in [0.1, 0.15) is 0 Å². The van der Waals surface area contributed by atoms with Crippen molar-refractivity contribution in [2.24, 2.45) is 0 Å². The van der Waals surface area contributed by atoms with Gasteiger partial charge in [-0.1, -0.05) is 74.9 Å². The first kappa shape index (κ1) is 19.9. The maximum atomic E-state index is 2.36. The molecule has 0 saturated heterocycles. The first-order chi connectivity index (χ1) is 10.7. The molecule has 0 N–H and O–H groups in total. The quantitative estimate of drug-likeness (QED) is 0.555. The van der Waals surface area contributed by atoms with E-state index >= 15 is 0 Å². The van der Waals surface area contributed by atoms with Crippen LogP contribution in [-0.4, -0.2) is 19.0 Å². The van der Waals surface area contributed by atoms with Crippen LogP contribution in [0, 0.1) is 0 Å². The van der Waals surface area contributed by atoms with E-state index in [4.69, 9.17) is 0 Å². The van der Waals surface area contributed by atoms with Crippen LogP contribution in [0.1, 0.15) is 61.8 Å². The third-order valence-corrected chi connectivity index (χ3v) is 4.53. The van der Waals surface area contributed by atoms with Gasteiger partial charge in [-0.05, 0) is 43.6 Å². The predicted molar refractivity (Wildman–Crippen MR) is 107 cm³/mol. The average Bonchev–Trinajstić information content (AvgIpc) is 2.55. The molecule has 2 atom stereocenters. The van der Waals surface area contributed by atoms with Crippen molar-refractivity contribution in [3.05, 3.63) is 71.3 Å². The van der Waals surface area contributed by atoms with Gasteiger partial charge in [-0.3, -0.25) is 0 Å². The molecule has 0 aliphatic rings. The molecule has 0 bridgehead atoms. The highest BCUT2D eigenvalue weighted by Crippen LogP contribution is 2.35. The predicted octanol–water partition coefficient (Wildman–Crippen LogP) is 6.21. The second kappa shape index (κ2) is 9.89. The lowest BCUT2D eigenvalue weighted by Gasteiger charge is -2.29. The van der Waals surface area contributed by atoms with E-state index in [1.807, 2.05) is 0 Å². The van der Waals surface area contributed by atoms with E-state index in [1.54, 1.807) is 0 Å². The van der Waals surface area contributed by atoms with Gasteiger partial charge in [0.15, 0.2) is 0 Å². The highest BCUT2D eigenvalue weighted by atomic mass is 79.9. The summed E-state index contributed by atoms with van der Waals surface area (Å²) in [6, 6.07) is 20.4. The molecule has 0 saturated carbocycles. The SMILES string of the molecule is Br.CCCC(c1ccccc1C(CC)c1ccccc1)N(C)C. The van der Waals surface area contributed by atoms with Gasteiger partial charge in [0, 0.05) is 12.0 Å².